The molecule has 184 valence electrons. The first-order valence-corrected chi connectivity index (χ1v) is 11.5. The molecule has 1 fully saturated rings. The summed E-state index contributed by atoms with van der Waals surface area (Å²) in [6.07, 6.45) is 6.49. The Morgan fingerprint density at radius 2 is 1.94 bits per heavy atom. The summed E-state index contributed by atoms with van der Waals surface area (Å²) >= 11 is 0. The molecule has 1 unspecified atom stereocenters. The summed E-state index contributed by atoms with van der Waals surface area (Å²) in [4.78, 5) is 8.54. The van der Waals surface area contributed by atoms with Gasteiger partial charge in [0.05, 0.1) is 11.6 Å². The van der Waals surface area contributed by atoms with E-state index in [0.29, 0.717) is 32.0 Å². The number of pyridine rings is 1. The number of amidine groups is 1. The third-order valence-corrected chi connectivity index (χ3v) is 6.62. The van der Waals surface area contributed by atoms with Gasteiger partial charge in [0, 0.05) is 56.4 Å². The van der Waals surface area contributed by atoms with E-state index in [0.717, 1.165) is 41.2 Å². The van der Waals surface area contributed by atoms with Crippen molar-refractivity contribution in [3.63, 3.8) is 0 Å². The minimum Gasteiger partial charge on any atom is -0.382 e. The van der Waals surface area contributed by atoms with Crippen LogP contribution in [0.1, 0.15) is 35.6 Å². The maximum atomic E-state index is 13.4. The van der Waals surface area contributed by atoms with Crippen molar-refractivity contribution >= 4 is 11.5 Å². The zero-order valence-electron chi connectivity index (χ0n) is 19.2. The Kier molecular flexibility index (Phi) is 6.12. The van der Waals surface area contributed by atoms with Gasteiger partial charge in [0.25, 0.3) is 0 Å². The first-order chi connectivity index (χ1) is 16.8. The third kappa shape index (κ3) is 4.82. The van der Waals surface area contributed by atoms with Crippen LogP contribution in [0.5, 0.6) is 0 Å². The summed E-state index contributed by atoms with van der Waals surface area (Å²) in [7, 11) is 2.02. The van der Waals surface area contributed by atoms with Crippen molar-refractivity contribution in [1.29, 1.82) is 0 Å². The number of nitrogens with zero attached hydrogens (tertiary/aromatic N) is 4. The molecule has 1 atom stereocenters. The number of likely N-dealkylation sites (N-methyl/N-ethyl adjacent to an activating group) is 1. The quantitative estimate of drug-likeness (QED) is 0.626. The Bertz CT molecular complexity index is 1180. The van der Waals surface area contributed by atoms with Gasteiger partial charge in [-0.05, 0) is 60.5 Å². The Labute approximate surface area is 201 Å². The number of anilines is 1. The van der Waals surface area contributed by atoms with Gasteiger partial charge in [-0.2, -0.15) is 18.3 Å². The zero-order valence-corrected chi connectivity index (χ0v) is 19.2. The van der Waals surface area contributed by atoms with E-state index in [1.165, 1.54) is 0 Å². The van der Waals surface area contributed by atoms with Crippen LogP contribution in [-0.2, 0) is 6.18 Å². The average molecular weight is 487 g/mol. The number of fused-ring (bicyclic) bond motifs is 1. The van der Waals surface area contributed by atoms with Crippen molar-refractivity contribution in [2.45, 2.75) is 31.1 Å². The Morgan fingerprint density at radius 1 is 1.14 bits per heavy atom. The lowest BCUT2D eigenvalue weighted by Crippen LogP contribution is -2.45. The van der Waals surface area contributed by atoms with Gasteiger partial charge in [0.1, 0.15) is 5.82 Å². The number of benzene rings is 1. The molecule has 0 saturated carbocycles. The minimum atomic E-state index is -4.63. The predicted octanol–water partition coefficient (Wildman–Crippen LogP) is 4.51. The second-order valence-electron chi connectivity index (χ2n) is 9.01. The Morgan fingerprint density at radius 3 is 2.66 bits per heavy atom. The van der Waals surface area contributed by atoms with Crippen LogP contribution in [0.3, 0.4) is 0 Å². The average Bonchev–Trinajstić information content (AvgIpc) is 2.85. The van der Waals surface area contributed by atoms with Crippen LogP contribution in [-0.4, -0.2) is 53.3 Å². The first-order valence-electron chi connectivity index (χ1n) is 11.5. The summed E-state index contributed by atoms with van der Waals surface area (Å²) in [6, 6.07) is 4.51. The molecule has 0 spiro atoms. The van der Waals surface area contributed by atoms with Gasteiger partial charge in [-0.25, -0.2) is 4.39 Å². The summed E-state index contributed by atoms with van der Waals surface area (Å²) in [5.41, 5.74) is 5.40. The van der Waals surface area contributed by atoms with Crippen LogP contribution in [0.2, 0.25) is 0 Å². The molecule has 6 nitrogen and oxygen atoms in total. The molecule has 0 bridgehead atoms. The van der Waals surface area contributed by atoms with E-state index in [1.54, 1.807) is 6.20 Å². The molecule has 3 aliphatic rings. The van der Waals surface area contributed by atoms with E-state index < -0.39 is 17.6 Å². The number of aromatic nitrogens is 1. The SMILES string of the molecule is CN1C=CC(C2NN=C(N3CCC(Nc4ccc(F)cc4C(F)(F)F)CC3)c3cnccc32)=CC1. The number of likely N-dealkylation sites (tertiary alicyclic amines) is 1. The van der Waals surface area contributed by atoms with Crippen LogP contribution >= 0.6 is 0 Å². The molecule has 35 heavy (non-hydrogen) atoms. The summed E-state index contributed by atoms with van der Waals surface area (Å²) in [5.74, 6) is -0.115. The maximum Gasteiger partial charge on any atom is 0.418 e. The van der Waals surface area contributed by atoms with Crippen molar-refractivity contribution in [1.82, 2.24) is 20.2 Å². The van der Waals surface area contributed by atoms with Crippen LogP contribution in [0.25, 0.3) is 0 Å². The van der Waals surface area contributed by atoms with E-state index in [9.17, 15) is 17.6 Å². The topological polar surface area (TPSA) is 55.8 Å². The van der Waals surface area contributed by atoms with Gasteiger partial charge in [0.15, 0.2) is 5.84 Å². The number of piperidine rings is 1. The van der Waals surface area contributed by atoms with E-state index in [-0.39, 0.29) is 17.8 Å². The summed E-state index contributed by atoms with van der Waals surface area (Å²) < 4.78 is 53.5. The molecular weight excluding hydrogens is 460 g/mol. The number of rotatable bonds is 3. The van der Waals surface area contributed by atoms with Gasteiger partial charge in [0.2, 0.25) is 0 Å². The molecule has 5 rings (SSSR count). The minimum absolute atomic E-state index is 0.0693. The number of hydrogen-bond acceptors (Lipinski definition) is 6. The fourth-order valence-electron chi connectivity index (χ4n) is 4.73. The fourth-order valence-corrected chi connectivity index (χ4v) is 4.73. The highest BCUT2D eigenvalue weighted by atomic mass is 19.4. The molecule has 0 radical (unpaired) electrons. The maximum absolute atomic E-state index is 13.4. The van der Waals surface area contributed by atoms with E-state index in [4.69, 9.17) is 0 Å². The van der Waals surface area contributed by atoms with E-state index >= 15 is 0 Å². The molecule has 3 aliphatic heterocycles. The molecule has 1 saturated heterocycles. The van der Waals surface area contributed by atoms with Gasteiger partial charge < -0.3 is 15.1 Å². The van der Waals surface area contributed by atoms with Crippen LogP contribution in [0.15, 0.2) is 65.7 Å². The standard InChI is InChI=1S/C25H26F4N6/c1-34-10-5-16(6-11-34)23-19-4-9-30-15-20(19)24(33-32-23)35-12-7-18(8-13-35)31-22-3-2-17(26)14-21(22)25(27,28)29/h2-6,9-10,14-15,18,23,31-32H,7-8,11-13H2,1H3. The lowest BCUT2D eigenvalue weighted by atomic mass is 9.92. The molecule has 10 heteroatoms. The number of alkyl halides is 3. The van der Waals surface area contributed by atoms with Gasteiger partial charge in [-0.1, -0.05) is 6.08 Å². The van der Waals surface area contributed by atoms with Crippen molar-refractivity contribution in [2.75, 3.05) is 32.0 Å². The highest BCUT2D eigenvalue weighted by Gasteiger charge is 2.35. The van der Waals surface area contributed by atoms with Gasteiger partial charge in [-0.15, -0.1) is 0 Å². The van der Waals surface area contributed by atoms with Crippen molar-refractivity contribution < 1.29 is 17.6 Å². The van der Waals surface area contributed by atoms with Crippen LogP contribution < -0.4 is 10.7 Å². The third-order valence-electron chi connectivity index (χ3n) is 6.62. The second-order valence-corrected chi connectivity index (χ2v) is 9.01. The molecular formula is C25H26F4N6. The molecule has 2 N–H and O–H groups in total. The lowest BCUT2D eigenvalue weighted by molar-refractivity contribution is -0.137. The van der Waals surface area contributed by atoms with Crippen molar-refractivity contribution in [2.24, 2.45) is 5.10 Å². The van der Waals surface area contributed by atoms with Crippen molar-refractivity contribution in [3.8, 4) is 0 Å². The van der Waals surface area contributed by atoms with E-state index in [2.05, 4.69) is 42.8 Å². The van der Waals surface area contributed by atoms with Crippen LogP contribution in [0.4, 0.5) is 23.2 Å². The molecule has 1 aromatic heterocycles. The largest absolute Gasteiger partial charge is 0.418 e. The number of hydrazone groups is 1. The molecule has 2 aromatic rings. The molecule has 0 aliphatic carbocycles. The van der Waals surface area contributed by atoms with E-state index in [1.807, 2.05) is 25.5 Å². The van der Waals surface area contributed by atoms with Gasteiger partial charge >= 0.3 is 6.18 Å². The summed E-state index contributed by atoms with van der Waals surface area (Å²) in [5, 5.41) is 7.67. The molecule has 0 amide bonds. The number of nitrogens with one attached hydrogen (secondary N) is 2. The highest BCUT2D eigenvalue weighted by Crippen LogP contribution is 2.36. The molecule has 4 heterocycles. The zero-order chi connectivity index (χ0) is 24.6. The second kappa shape index (κ2) is 9.24. The fraction of sp³-hybridized carbons (Fsp3) is 0.360. The monoisotopic (exact) mass is 486 g/mol. The van der Waals surface area contributed by atoms with Crippen LogP contribution in [0, 0.1) is 5.82 Å². The molecule has 1 aromatic carbocycles. The number of halogens is 4. The Balaban J connectivity index is 1.29. The van der Waals surface area contributed by atoms with Gasteiger partial charge in [-0.3, -0.25) is 10.4 Å². The first kappa shape index (κ1) is 23.2. The highest BCUT2D eigenvalue weighted by molar-refractivity contribution is 6.00. The Hall–Kier alpha value is -3.56. The number of hydrogen-bond donors (Lipinski definition) is 2. The summed E-state index contributed by atoms with van der Waals surface area (Å²) in [6.45, 7) is 2.06. The lowest BCUT2D eigenvalue weighted by Gasteiger charge is -2.38. The predicted molar refractivity (Wildman–Crippen MR) is 126 cm³/mol. The smallest absolute Gasteiger partial charge is 0.382 e. The normalized spacial score (nSPS) is 20.7. The van der Waals surface area contributed by atoms with Crippen molar-refractivity contribution in [3.05, 3.63) is 83.1 Å².